The highest BCUT2D eigenvalue weighted by atomic mass is 19.1. The minimum Gasteiger partial charge on any atom is -0.505 e. The van der Waals surface area contributed by atoms with Gasteiger partial charge in [0.15, 0.2) is 11.6 Å². The maximum absolute atomic E-state index is 13.5. The number of aromatic amines is 1. The van der Waals surface area contributed by atoms with Crippen LogP contribution in [-0.4, -0.2) is 15.3 Å². The molecule has 0 saturated carbocycles. The first-order chi connectivity index (χ1) is 6.70. The molecule has 2 rings (SSSR count). The Hall–Kier alpha value is -1.84. The van der Waals surface area contributed by atoms with Crippen molar-refractivity contribution in [2.75, 3.05) is 0 Å². The van der Waals surface area contributed by atoms with Gasteiger partial charge in [-0.3, -0.25) is 5.10 Å². The Morgan fingerprint density at radius 1 is 1.36 bits per heavy atom. The average Bonchev–Trinajstić information content (AvgIpc) is 2.65. The summed E-state index contributed by atoms with van der Waals surface area (Å²) in [6, 6.07) is 4.66. The Morgan fingerprint density at radius 2 is 2.14 bits per heavy atom. The number of aromatic nitrogens is 2. The van der Waals surface area contributed by atoms with Gasteiger partial charge >= 0.3 is 0 Å². The van der Waals surface area contributed by atoms with Gasteiger partial charge in [-0.2, -0.15) is 5.10 Å². The third kappa shape index (κ3) is 1.25. The number of aromatic hydroxyl groups is 1. The molecule has 3 nitrogen and oxygen atoms in total. The molecule has 0 aliphatic carbocycles. The molecule has 4 heteroatoms. The molecule has 1 aromatic carbocycles. The summed E-state index contributed by atoms with van der Waals surface area (Å²) >= 11 is 0. The lowest BCUT2D eigenvalue weighted by Crippen LogP contribution is -1.89. The average molecular weight is 192 g/mol. The SMILES string of the molecule is Cc1ccc(O)c(F)c1-c1ccn[nH]1. The van der Waals surface area contributed by atoms with E-state index in [1.54, 1.807) is 19.1 Å². The van der Waals surface area contributed by atoms with Crippen molar-refractivity contribution in [3.05, 3.63) is 35.8 Å². The van der Waals surface area contributed by atoms with Crippen LogP contribution in [0, 0.1) is 12.7 Å². The van der Waals surface area contributed by atoms with Gasteiger partial charge in [-0.05, 0) is 24.6 Å². The van der Waals surface area contributed by atoms with Crippen molar-refractivity contribution < 1.29 is 9.50 Å². The topological polar surface area (TPSA) is 48.9 Å². The monoisotopic (exact) mass is 192 g/mol. The van der Waals surface area contributed by atoms with Crippen LogP contribution < -0.4 is 0 Å². The van der Waals surface area contributed by atoms with Gasteiger partial charge in [0.2, 0.25) is 0 Å². The first kappa shape index (κ1) is 8.74. The molecule has 0 fully saturated rings. The third-order valence-corrected chi connectivity index (χ3v) is 2.10. The van der Waals surface area contributed by atoms with Crippen LogP contribution in [0.5, 0.6) is 5.75 Å². The molecular weight excluding hydrogens is 183 g/mol. The second-order valence-electron chi connectivity index (χ2n) is 3.06. The number of hydrogen-bond donors (Lipinski definition) is 2. The summed E-state index contributed by atoms with van der Waals surface area (Å²) < 4.78 is 13.5. The van der Waals surface area contributed by atoms with Crippen molar-refractivity contribution in [1.29, 1.82) is 0 Å². The molecule has 0 saturated heterocycles. The van der Waals surface area contributed by atoms with Gasteiger partial charge in [0.1, 0.15) is 0 Å². The number of hydrogen-bond acceptors (Lipinski definition) is 2. The Balaban J connectivity index is 2.69. The zero-order valence-corrected chi connectivity index (χ0v) is 7.58. The molecule has 0 radical (unpaired) electrons. The fourth-order valence-corrected chi connectivity index (χ4v) is 1.39. The smallest absolute Gasteiger partial charge is 0.174 e. The molecule has 0 aliphatic rings. The van der Waals surface area contributed by atoms with E-state index in [1.807, 2.05) is 0 Å². The lowest BCUT2D eigenvalue weighted by atomic mass is 10.0. The number of nitrogens with zero attached hydrogens (tertiary/aromatic N) is 1. The summed E-state index contributed by atoms with van der Waals surface area (Å²) in [5, 5.41) is 15.6. The molecule has 72 valence electrons. The van der Waals surface area contributed by atoms with Crippen LogP contribution in [0.3, 0.4) is 0 Å². The van der Waals surface area contributed by atoms with Crippen LogP contribution in [0.25, 0.3) is 11.3 Å². The summed E-state index contributed by atoms with van der Waals surface area (Å²) in [5.74, 6) is -0.963. The highest BCUT2D eigenvalue weighted by Crippen LogP contribution is 2.29. The molecule has 0 unspecified atom stereocenters. The van der Waals surface area contributed by atoms with Crippen molar-refractivity contribution in [1.82, 2.24) is 10.2 Å². The van der Waals surface area contributed by atoms with Crippen molar-refractivity contribution in [3.63, 3.8) is 0 Å². The predicted octanol–water partition coefficient (Wildman–Crippen LogP) is 2.23. The molecule has 14 heavy (non-hydrogen) atoms. The zero-order valence-electron chi connectivity index (χ0n) is 7.58. The molecule has 0 bridgehead atoms. The van der Waals surface area contributed by atoms with Gasteiger partial charge < -0.3 is 5.11 Å². The number of aryl methyl sites for hydroxylation is 1. The maximum Gasteiger partial charge on any atom is 0.174 e. The van der Waals surface area contributed by atoms with Crippen molar-refractivity contribution >= 4 is 0 Å². The standard InChI is InChI=1S/C10H9FN2O/c1-6-2-3-8(14)10(11)9(6)7-4-5-12-13-7/h2-5,14H,1H3,(H,12,13). The normalized spacial score (nSPS) is 10.4. The van der Waals surface area contributed by atoms with Crippen LogP contribution in [0.1, 0.15) is 5.56 Å². The van der Waals surface area contributed by atoms with E-state index in [0.29, 0.717) is 11.3 Å². The molecule has 1 aromatic heterocycles. The van der Waals surface area contributed by atoms with E-state index in [2.05, 4.69) is 10.2 Å². The number of halogens is 1. The Kier molecular flexibility index (Phi) is 1.96. The van der Waals surface area contributed by atoms with Crippen molar-refractivity contribution in [2.45, 2.75) is 6.92 Å². The number of phenolic OH excluding ortho intramolecular Hbond substituents is 1. The first-order valence-corrected chi connectivity index (χ1v) is 4.18. The molecular formula is C10H9FN2O. The zero-order chi connectivity index (χ0) is 10.1. The second-order valence-corrected chi connectivity index (χ2v) is 3.06. The summed E-state index contributed by atoms with van der Waals surface area (Å²) in [5.41, 5.74) is 1.68. The van der Waals surface area contributed by atoms with Crippen molar-refractivity contribution in [3.8, 4) is 17.0 Å². The van der Waals surface area contributed by atoms with E-state index >= 15 is 0 Å². The highest BCUT2D eigenvalue weighted by Gasteiger charge is 2.12. The third-order valence-electron chi connectivity index (χ3n) is 2.10. The van der Waals surface area contributed by atoms with Gasteiger partial charge in [-0.1, -0.05) is 6.07 Å². The van der Waals surface area contributed by atoms with E-state index < -0.39 is 5.82 Å². The maximum atomic E-state index is 13.5. The van der Waals surface area contributed by atoms with E-state index in [0.717, 1.165) is 5.56 Å². The minimum absolute atomic E-state index is 0.347. The number of H-pyrrole nitrogens is 1. The van der Waals surface area contributed by atoms with Crippen LogP contribution in [-0.2, 0) is 0 Å². The minimum atomic E-state index is -0.616. The van der Waals surface area contributed by atoms with Crippen LogP contribution in [0.15, 0.2) is 24.4 Å². The fraction of sp³-hybridized carbons (Fsp3) is 0.100. The molecule has 2 aromatic rings. The van der Waals surface area contributed by atoms with E-state index in [9.17, 15) is 9.50 Å². The molecule has 0 spiro atoms. The molecule has 0 amide bonds. The van der Waals surface area contributed by atoms with Crippen molar-refractivity contribution in [2.24, 2.45) is 0 Å². The quantitative estimate of drug-likeness (QED) is 0.727. The second kappa shape index (κ2) is 3.14. The lowest BCUT2D eigenvalue weighted by Gasteiger charge is -2.05. The summed E-state index contributed by atoms with van der Waals surface area (Å²) in [6.07, 6.45) is 1.54. The fourth-order valence-electron chi connectivity index (χ4n) is 1.39. The summed E-state index contributed by atoms with van der Waals surface area (Å²) in [4.78, 5) is 0. The summed E-state index contributed by atoms with van der Waals surface area (Å²) in [7, 11) is 0. The highest BCUT2D eigenvalue weighted by molar-refractivity contribution is 5.65. The number of benzene rings is 1. The van der Waals surface area contributed by atoms with E-state index in [4.69, 9.17) is 0 Å². The Morgan fingerprint density at radius 3 is 2.79 bits per heavy atom. The number of nitrogens with one attached hydrogen (secondary N) is 1. The van der Waals surface area contributed by atoms with Gasteiger partial charge in [0, 0.05) is 11.8 Å². The van der Waals surface area contributed by atoms with Gasteiger partial charge in [0.25, 0.3) is 0 Å². The number of rotatable bonds is 1. The lowest BCUT2D eigenvalue weighted by molar-refractivity contribution is 0.433. The first-order valence-electron chi connectivity index (χ1n) is 4.18. The van der Waals surface area contributed by atoms with Gasteiger partial charge in [0.05, 0.1) is 5.69 Å². The van der Waals surface area contributed by atoms with E-state index in [-0.39, 0.29) is 5.75 Å². The van der Waals surface area contributed by atoms with Crippen LogP contribution in [0.2, 0.25) is 0 Å². The summed E-state index contributed by atoms with van der Waals surface area (Å²) in [6.45, 7) is 1.78. The number of phenols is 1. The Bertz CT molecular complexity index is 451. The molecule has 2 N–H and O–H groups in total. The molecule has 0 aliphatic heterocycles. The van der Waals surface area contributed by atoms with Crippen LogP contribution in [0.4, 0.5) is 4.39 Å². The van der Waals surface area contributed by atoms with E-state index in [1.165, 1.54) is 12.3 Å². The molecule has 1 heterocycles. The predicted molar refractivity (Wildman–Crippen MR) is 50.4 cm³/mol. The van der Waals surface area contributed by atoms with Crippen LogP contribution >= 0.6 is 0 Å². The Labute approximate surface area is 80.2 Å². The van der Waals surface area contributed by atoms with Gasteiger partial charge in [-0.25, -0.2) is 4.39 Å². The largest absolute Gasteiger partial charge is 0.505 e. The van der Waals surface area contributed by atoms with Gasteiger partial charge in [-0.15, -0.1) is 0 Å². The molecule has 0 atom stereocenters.